The van der Waals surface area contributed by atoms with Crippen molar-refractivity contribution in [1.82, 2.24) is 19.5 Å². The van der Waals surface area contributed by atoms with Crippen molar-refractivity contribution in [2.24, 2.45) is 0 Å². The summed E-state index contributed by atoms with van der Waals surface area (Å²) in [7, 11) is 4.09. The van der Waals surface area contributed by atoms with Crippen LogP contribution in [0.4, 0.5) is 5.95 Å². The van der Waals surface area contributed by atoms with Crippen molar-refractivity contribution in [2.45, 2.75) is 6.92 Å². The molecule has 0 aromatic carbocycles. The third-order valence-electron chi connectivity index (χ3n) is 2.32. The highest BCUT2D eigenvalue weighted by atomic mass is 15.3. The maximum Gasteiger partial charge on any atom is 0.243 e. The molecule has 0 bridgehead atoms. The molecule has 2 aromatic heterocycles. The number of anilines is 1. The summed E-state index contributed by atoms with van der Waals surface area (Å²) in [6.07, 6.45) is 1.97. The zero-order valence-electron chi connectivity index (χ0n) is 9.94. The third-order valence-corrected chi connectivity index (χ3v) is 2.32. The van der Waals surface area contributed by atoms with Gasteiger partial charge in [-0.2, -0.15) is 4.98 Å². The van der Waals surface area contributed by atoms with Crippen molar-refractivity contribution in [1.29, 1.82) is 0 Å². The normalized spacial score (nSPS) is 11.2. The van der Waals surface area contributed by atoms with Crippen LogP contribution in [0.3, 0.4) is 0 Å². The topological polar surface area (TPSA) is 45.5 Å². The quantitative estimate of drug-likeness (QED) is 0.833. The number of aromatic nitrogens is 3. The maximum atomic E-state index is 4.37. The van der Waals surface area contributed by atoms with Crippen LogP contribution in [0.1, 0.15) is 5.56 Å². The Labute approximate surface area is 95.1 Å². The molecule has 16 heavy (non-hydrogen) atoms. The van der Waals surface area contributed by atoms with Crippen molar-refractivity contribution in [3.05, 3.63) is 23.9 Å². The highest BCUT2D eigenvalue weighted by Gasteiger charge is 2.02. The minimum Gasteiger partial charge on any atom is -0.352 e. The number of nitrogens with zero attached hydrogens (tertiary/aromatic N) is 4. The van der Waals surface area contributed by atoms with E-state index in [1.807, 2.05) is 39.3 Å². The monoisotopic (exact) mass is 219 g/mol. The molecule has 2 aromatic rings. The number of pyridine rings is 1. The predicted octanol–water partition coefficient (Wildman–Crippen LogP) is 1.01. The minimum atomic E-state index is 0.687. The lowest BCUT2D eigenvalue weighted by Gasteiger charge is -2.08. The van der Waals surface area contributed by atoms with Crippen LogP contribution in [-0.4, -0.2) is 46.7 Å². The molecule has 0 radical (unpaired) electrons. The van der Waals surface area contributed by atoms with E-state index >= 15 is 0 Å². The van der Waals surface area contributed by atoms with E-state index in [1.165, 1.54) is 5.56 Å². The van der Waals surface area contributed by atoms with Gasteiger partial charge < -0.3 is 10.2 Å². The Hall–Kier alpha value is -1.62. The lowest BCUT2D eigenvalue weighted by molar-refractivity contribution is 0.425. The number of hydrogen-bond acceptors (Lipinski definition) is 4. The van der Waals surface area contributed by atoms with Gasteiger partial charge in [0.15, 0.2) is 5.65 Å². The number of fused-ring (bicyclic) bond motifs is 1. The average molecular weight is 219 g/mol. The highest BCUT2D eigenvalue weighted by Crippen LogP contribution is 2.06. The molecule has 0 atom stereocenters. The fraction of sp³-hybridized carbons (Fsp3) is 0.455. The predicted molar refractivity (Wildman–Crippen MR) is 64.8 cm³/mol. The van der Waals surface area contributed by atoms with E-state index in [0.717, 1.165) is 18.7 Å². The smallest absolute Gasteiger partial charge is 0.243 e. The molecule has 0 saturated carbocycles. The van der Waals surface area contributed by atoms with E-state index < -0.39 is 0 Å². The van der Waals surface area contributed by atoms with Gasteiger partial charge in [0.25, 0.3) is 0 Å². The standard InChI is InChI=1S/C11H17N5/c1-9-4-5-10-13-11(14-16(10)8-9)12-6-7-15(2)3/h4-5,8H,6-7H2,1-3H3,(H,12,14). The van der Waals surface area contributed by atoms with E-state index in [4.69, 9.17) is 0 Å². The Morgan fingerprint density at radius 2 is 2.19 bits per heavy atom. The molecular formula is C11H17N5. The molecule has 0 spiro atoms. The van der Waals surface area contributed by atoms with Crippen LogP contribution >= 0.6 is 0 Å². The van der Waals surface area contributed by atoms with Crippen LogP contribution < -0.4 is 5.32 Å². The summed E-state index contributed by atoms with van der Waals surface area (Å²) in [6, 6.07) is 4.01. The lowest BCUT2D eigenvalue weighted by Crippen LogP contribution is -2.21. The summed E-state index contributed by atoms with van der Waals surface area (Å²) < 4.78 is 1.80. The molecule has 0 amide bonds. The third kappa shape index (κ3) is 2.49. The van der Waals surface area contributed by atoms with Crippen LogP contribution in [0.15, 0.2) is 18.3 Å². The Balaban J connectivity index is 2.08. The van der Waals surface area contributed by atoms with Gasteiger partial charge in [0.2, 0.25) is 5.95 Å². The summed E-state index contributed by atoms with van der Waals surface area (Å²) in [5.74, 6) is 0.687. The fourth-order valence-electron chi connectivity index (χ4n) is 1.45. The number of nitrogens with one attached hydrogen (secondary N) is 1. The first-order valence-corrected chi connectivity index (χ1v) is 5.37. The summed E-state index contributed by atoms with van der Waals surface area (Å²) in [5.41, 5.74) is 2.05. The zero-order chi connectivity index (χ0) is 11.5. The fourth-order valence-corrected chi connectivity index (χ4v) is 1.45. The zero-order valence-corrected chi connectivity index (χ0v) is 9.94. The molecule has 0 aliphatic carbocycles. The molecule has 5 nitrogen and oxygen atoms in total. The van der Waals surface area contributed by atoms with E-state index in [9.17, 15) is 0 Å². The van der Waals surface area contributed by atoms with Gasteiger partial charge in [-0.1, -0.05) is 6.07 Å². The van der Waals surface area contributed by atoms with Gasteiger partial charge in [0.1, 0.15) is 0 Å². The molecule has 0 aliphatic heterocycles. The van der Waals surface area contributed by atoms with Crippen LogP contribution in [0.2, 0.25) is 0 Å². The number of aryl methyl sites for hydroxylation is 1. The first-order chi connectivity index (χ1) is 7.65. The van der Waals surface area contributed by atoms with Gasteiger partial charge in [0.05, 0.1) is 0 Å². The molecular weight excluding hydrogens is 202 g/mol. The van der Waals surface area contributed by atoms with Crippen molar-refractivity contribution in [2.75, 3.05) is 32.5 Å². The highest BCUT2D eigenvalue weighted by molar-refractivity contribution is 5.44. The second-order valence-corrected chi connectivity index (χ2v) is 4.17. The van der Waals surface area contributed by atoms with Gasteiger partial charge in [0, 0.05) is 19.3 Å². The molecule has 0 saturated heterocycles. The van der Waals surface area contributed by atoms with Crippen molar-refractivity contribution < 1.29 is 0 Å². The van der Waals surface area contributed by atoms with Gasteiger partial charge in [-0.05, 0) is 32.6 Å². The van der Waals surface area contributed by atoms with Gasteiger partial charge in [-0.25, -0.2) is 4.52 Å². The van der Waals surface area contributed by atoms with E-state index in [1.54, 1.807) is 4.52 Å². The van der Waals surface area contributed by atoms with Crippen molar-refractivity contribution >= 4 is 11.6 Å². The Morgan fingerprint density at radius 1 is 1.38 bits per heavy atom. The Morgan fingerprint density at radius 3 is 2.94 bits per heavy atom. The summed E-state index contributed by atoms with van der Waals surface area (Å²) in [5, 5.41) is 7.55. The average Bonchev–Trinajstić information content (AvgIpc) is 2.58. The van der Waals surface area contributed by atoms with Gasteiger partial charge in [-0.3, -0.25) is 0 Å². The summed E-state index contributed by atoms with van der Waals surface area (Å²) in [4.78, 5) is 6.49. The second kappa shape index (κ2) is 4.49. The Bertz CT molecular complexity index is 474. The first-order valence-electron chi connectivity index (χ1n) is 5.37. The minimum absolute atomic E-state index is 0.687. The SMILES string of the molecule is Cc1ccc2nc(NCCN(C)C)nn2c1. The number of hydrogen-bond donors (Lipinski definition) is 1. The lowest BCUT2D eigenvalue weighted by atomic mass is 10.3. The van der Waals surface area contributed by atoms with E-state index in [0.29, 0.717) is 5.95 Å². The molecule has 1 N–H and O–H groups in total. The van der Waals surface area contributed by atoms with Crippen LogP contribution in [0.25, 0.3) is 5.65 Å². The summed E-state index contributed by atoms with van der Waals surface area (Å²) in [6.45, 7) is 3.86. The molecule has 0 fully saturated rings. The van der Waals surface area contributed by atoms with Crippen LogP contribution in [0, 0.1) is 6.92 Å². The van der Waals surface area contributed by atoms with E-state index in [2.05, 4.69) is 20.3 Å². The van der Waals surface area contributed by atoms with Crippen molar-refractivity contribution in [3.8, 4) is 0 Å². The van der Waals surface area contributed by atoms with Crippen LogP contribution in [-0.2, 0) is 0 Å². The molecule has 2 heterocycles. The molecule has 86 valence electrons. The first kappa shape index (κ1) is 10.9. The summed E-state index contributed by atoms with van der Waals surface area (Å²) >= 11 is 0. The van der Waals surface area contributed by atoms with Crippen LogP contribution in [0.5, 0.6) is 0 Å². The molecule has 5 heteroatoms. The van der Waals surface area contributed by atoms with Crippen molar-refractivity contribution in [3.63, 3.8) is 0 Å². The second-order valence-electron chi connectivity index (χ2n) is 4.17. The number of rotatable bonds is 4. The number of likely N-dealkylation sites (N-methyl/N-ethyl adjacent to an activating group) is 1. The van der Waals surface area contributed by atoms with Gasteiger partial charge >= 0.3 is 0 Å². The largest absolute Gasteiger partial charge is 0.352 e. The van der Waals surface area contributed by atoms with Gasteiger partial charge in [-0.15, -0.1) is 5.10 Å². The van der Waals surface area contributed by atoms with E-state index in [-0.39, 0.29) is 0 Å². The molecule has 0 unspecified atom stereocenters. The molecule has 2 rings (SSSR count). The Kier molecular flexibility index (Phi) is 3.05. The maximum absolute atomic E-state index is 4.37. The molecule has 0 aliphatic rings.